The van der Waals surface area contributed by atoms with E-state index in [0.717, 1.165) is 5.56 Å². The van der Waals surface area contributed by atoms with E-state index in [1.807, 2.05) is 16.8 Å². The van der Waals surface area contributed by atoms with Gasteiger partial charge in [-0.1, -0.05) is 17.7 Å². The van der Waals surface area contributed by atoms with E-state index in [9.17, 15) is 14.7 Å². The van der Waals surface area contributed by atoms with Crippen molar-refractivity contribution in [3.05, 3.63) is 51.2 Å². The molecule has 2 rings (SSSR count). The molecule has 2 unspecified atom stereocenters. The second-order valence-electron chi connectivity index (χ2n) is 4.95. The Morgan fingerprint density at radius 3 is 2.57 bits per heavy atom. The SMILES string of the molecule is COc1ccc(C(NC(=O)C(C)c2ccsc2)C(=O)O)cc1Cl. The maximum Gasteiger partial charge on any atom is 0.330 e. The van der Waals surface area contributed by atoms with Gasteiger partial charge in [-0.15, -0.1) is 0 Å². The first kappa shape index (κ1) is 17.3. The summed E-state index contributed by atoms with van der Waals surface area (Å²) < 4.78 is 5.04. The predicted octanol–water partition coefficient (Wildman–Crippen LogP) is 3.46. The Labute approximate surface area is 142 Å². The third kappa shape index (κ3) is 4.03. The zero-order chi connectivity index (χ0) is 17.0. The van der Waals surface area contributed by atoms with Gasteiger partial charge >= 0.3 is 5.97 Å². The number of rotatable bonds is 6. The lowest BCUT2D eigenvalue weighted by Crippen LogP contribution is -2.36. The van der Waals surface area contributed by atoms with Crippen LogP contribution in [0.15, 0.2) is 35.0 Å². The highest BCUT2D eigenvalue weighted by Crippen LogP contribution is 2.28. The van der Waals surface area contributed by atoms with Gasteiger partial charge in [0.2, 0.25) is 5.91 Å². The fourth-order valence-corrected chi connectivity index (χ4v) is 3.11. The van der Waals surface area contributed by atoms with E-state index >= 15 is 0 Å². The number of amides is 1. The van der Waals surface area contributed by atoms with E-state index in [-0.39, 0.29) is 10.9 Å². The molecule has 0 saturated heterocycles. The Balaban J connectivity index is 2.20. The largest absolute Gasteiger partial charge is 0.495 e. The molecule has 7 heteroatoms. The number of nitrogens with one attached hydrogen (secondary N) is 1. The van der Waals surface area contributed by atoms with Gasteiger partial charge in [0.25, 0.3) is 0 Å². The summed E-state index contributed by atoms with van der Waals surface area (Å²) in [6.07, 6.45) is 0. The average molecular weight is 354 g/mol. The van der Waals surface area contributed by atoms with Gasteiger partial charge in [-0.3, -0.25) is 4.79 Å². The van der Waals surface area contributed by atoms with Crippen LogP contribution >= 0.6 is 22.9 Å². The highest BCUT2D eigenvalue weighted by Gasteiger charge is 2.26. The van der Waals surface area contributed by atoms with Gasteiger partial charge in [0.1, 0.15) is 5.75 Å². The van der Waals surface area contributed by atoms with Crippen LogP contribution in [0.5, 0.6) is 5.75 Å². The monoisotopic (exact) mass is 353 g/mol. The van der Waals surface area contributed by atoms with E-state index in [0.29, 0.717) is 11.3 Å². The number of methoxy groups -OCH3 is 1. The number of thiophene rings is 1. The van der Waals surface area contributed by atoms with Crippen molar-refractivity contribution < 1.29 is 19.4 Å². The van der Waals surface area contributed by atoms with E-state index < -0.39 is 17.9 Å². The minimum atomic E-state index is -1.17. The zero-order valence-electron chi connectivity index (χ0n) is 12.6. The third-order valence-electron chi connectivity index (χ3n) is 3.48. The molecule has 2 N–H and O–H groups in total. The lowest BCUT2D eigenvalue weighted by molar-refractivity contribution is -0.142. The molecule has 0 aliphatic rings. The van der Waals surface area contributed by atoms with Crippen LogP contribution in [0.2, 0.25) is 5.02 Å². The van der Waals surface area contributed by atoms with E-state index in [1.165, 1.54) is 24.5 Å². The first-order valence-electron chi connectivity index (χ1n) is 6.82. The van der Waals surface area contributed by atoms with Crippen LogP contribution in [-0.4, -0.2) is 24.1 Å². The molecule has 0 spiro atoms. The van der Waals surface area contributed by atoms with Gasteiger partial charge in [-0.05, 0) is 47.0 Å². The molecular formula is C16H16ClNO4S. The number of aliphatic carboxylic acids is 1. The molecule has 5 nitrogen and oxygen atoms in total. The number of carbonyl (C=O) groups is 2. The molecule has 1 aromatic heterocycles. The van der Waals surface area contributed by atoms with Crippen LogP contribution in [0.1, 0.15) is 30.0 Å². The van der Waals surface area contributed by atoms with E-state index in [4.69, 9.17) is 16.3 Å². The van der Waals surface area contributed by atoms with Crippen molar-refractivity contribution in [3.8, 4) is 5.75 Å². The number of hydrogen-bond acceptors (Lipinski definition) is 4. The Morgan fingerprint density at radius 2 is 2.04 bits per heavy atom. The number of hydrogen-bond donors (Lipinski definition) is 2. The van der Waals surface area contributed by atoms with Crippen molar-refractivity contribution in [2.45, 2.75) is 18.9 Å². The minimum Gasteiger partial charge on any atom is -0.495 e. The molecule has 2 atom stereocenters. The minimum absolute atomic E-state index is 0.288. The van der Waals surface area contributed by atoms with Gasteiger partial charge < -0.3 is 15.2 Å². The zero-order valence-corrected chi connectivity index (χ0v) is 14.1. The molecule has 122 valence electrons. The molecular weight excluding hydrogens is 338 g/mol. The quantitative estimate of drug-likeness (QED) is 0.834. The molecule has 0 bridgehead atoms. The van der Waals surface area contributed by atoms with E-state index in [1.54, 1.807) is 19.1 Å². The molecule has 0 fully saturated rings. The number of carboxylic acid groups (broad SMARTS) is 1. The summed E-state index contributed by atoms with van der Waals surface area (Å²) in [4.78, 5) is 23.8. The van der Waals surface area contributed by atoms with Gasteiger partial charge in [-0.2, -0.15) is 11.3 Å². The van der Waals surface area contributed by atoms with Crippen LogP contribution in [0.3, 0.4) is 0 Å². The Morgan fingerprint density at radius 1 is 1.30 bits per heavy atom. The smallest absolute Gasteiger partial charge is 0.330 e. The summed E-state index contributed by atoms with van der Waals surface area (Å²) in [6.45, 7) is 1.73. The van der Waals surface area contributed by atoms with Crippen LogP contribution in [0.4, 0.5) is 0 Å². The molecule has 0 saturated carbocycles. The summed E-state index contributed by atoms with van der Waals surface area (Å²) in [5, 5.41) is 16.0. The highest BCUT2D eigenvalue weighted by atomic mass is 35.5. The lowest BCUT2D eigenvalue weighted by Gasteiger charge is -2.18. The standard InChI is InChI=1S/C16H16ClNO4S/c1-9(11-5-6-23-8-11)15(19)18-14(16(20)21)10-3-4-13(22-2)12(17)7-10/h3-9,14H,1-2H3,(H,18,19)(H,20,21). The summed E-state index contributed by atoms with van der Waals surface area (Å²) in [5.41, 5.74) is 1.23. The van der Waals surface area contributed by atoms with Crippen LogP contribution in [-0.2, 0) is 9.59 Å². The number of halogens is 1. The highest BCUT2D eigenvalue weighted by molar-refractivity contribution is 7.08. The second kappa shape index (κ2) is 7.48. The predicted molar refractivity (Wildman–Crippen MR) is 89.3 cm³/mol. The number of benzene rings is 1. The van der Waals surface area contributed by atoms with Gasteiger partial charge in [0, 0.05) is 0 Å². The molecule has 0 aliphatic carbocycles. The first-order valence-corrected chi connectivity index (χ1v) is 8.14. The van der Waals surface area contributed by atoms with Crippen LogP contribution in [0.25, 0.3) is 0 Å². The first-order chi connectivity index (χ1) is 10.9. The molecule has 1 heterocycles. The summed E-state index contributed by atoms with van der Waals surface area (Å²) in [6, 6.07) is 5.29. The van der Waals surface area contributed by atoms with Crippen molar-refractivity contribution in [3.63, 3.8) is 0 Å². The normalized spacial score (nSPS) is 13.2. The second-order valence-corrected chi connectivity index (χ2v) is 6.14. The topological polar surface area (TPSA) is 75.6 Å². The molecule has 0 radical (unpaired) electrons. The van der Waals surface area contributed by atoms with E-state index in [2.05, 4.69) is 5.32 Å². The Bertz CT molecular complexity index is 702. The number of carbonyl (C=O) groups excluding carboxylic acids is 1. The fourth-order valence-electron chi connectivity index (χ4n) is 2.09. The number of ether oxygens (including phenoxy) is 1. The van der Waals surface area contributed by atoms with Gasteiger partial charge in [0.05, 0.1) is 18.1 Å². The maximum atomic E-state index is 12.3. The Kier molecular flexibility index (Phi) is 5.63. The third-order valence-corrected chi connectivity index (χ3v) is 4.48. The molecule has 1 amide bonds. The summed E-state index contributed by atoms with van der Waals surface area (Å²) in [5.74, 6) is -1.51. The summed E-state index contributed by atoms with van der Waals surface area (Å²) >= 11 is 7.51. The molecule has 2 aromatic rings. The van der Waals surface area contributed by atoms with Crippen molar-refractivity contribution in [1.29, 1.82) is 0 Å². The Hall–Kier alpha value is -2.05. The maximum absolute atomic E-state index is 12.3. The van der Waals surface area contributed by atoms with Gasteiger partial charge in [-0.25, -0.2) is 4.79 Å². The summed E-state index contributed by atoms with van der Waals surface area (Å²) in [7, 11) is 1.47. The molecule has 0 aliphatic heterocycles. The van der Waals surface area contributed by atoms with Crippen molar-refractivity contribution in [2.24, 2.45) is 0 Å². The fraction of sp³-hybridized carbons (Fsp3) is 0.250. The van der Waals surface area contributed by atoms with Gasteiger partial charge in [0.15, 0.2) is 6.04 Å². The van der Waals surface area contributed by atoms with Crippen LogP contribution < -0.4 is 10.1 Å². The number of carboxylic acids is 1. The van der Waals surface area contributed by atoms with Crippen molar-refractivity contribution in [2.75, 3.05) is 7.11 Å². The average Bonchev–Trinajstić information content (AvgIpc) is 3.05. The van der Waals surface area contributed by atoms with Crippen molar-refractivity contribution >= 4 is 34.8 Å². The molecule has 1 aromatic carbocycles. The molecule has 23 heavy (non-hydrogen) atoms. The lowest BCUT2D eigenvalue weighted by atomic mass is 10.0. The van der Waals surface area contributed by atoms with Crippen LogP contribution in [0, 0.1) is 0 Å². The van der Waals surface area contributed by atoms with Crippen molar-refractivity contribution in [1.82, 2.24) is 5.32 Å².